The average molecular weight is 413 g/mol. The van der Waals surface area contributed by atoms with Crippen LogP contribution in [0.3, 0.4) is 0 Å². The summed E-state index contributed by atoms with van der Waals surface area (Å²) in [6, 6.07) is 18.6. The monoisotopic (exact) mass is 412 g/mol. The van der Waals surface area contributed by atoms with Crippen molar-refractivity contribution >= 4 is 28.1 Å². The van der Waals surface area contributed by atoms with Crippen LogP contribution in [0.25, 0.3) is 0 Å². The predicted molar refractivity (Wildman–Crippen MR) is 103 cm³/mol. The van der Waals surface area contributed by atoms with E-state index in [1.807, 2.05) is 49.4 Å². The molecule has 3 rings (SSSR count). The van der Waals surface area contributed by atoms with Crippen molar-refractivity contribution in [3.05, 3.63) is 87.8 Å². The van der Waals surface area contributed by atoms with E-state index in [0.717, 1.165) is 15.8 Å². The third kappa shape index (κ3) is 4.83. The van der Waals surface area contributed by atoms with Gasteiger partial charge in [-0.15, -0.1) is 0 Å². The van der Waals surface area contributed by atoms with E-state index in [1.54, 1.807) is 18.2 Å². The van der Waals surface area contributed by atoms with Gasteiger partial charge in [-0.2, -0.15) is 5.10 Å². The van der Waals surface area contributed by atoms with Crippen molar-refractivity contribution in [3.63, 3.8) is 0 Å². The van der Waals surface area contributed by atoms with Gasteiger partial charge in [0.05, 0.1) is 11.8 Å². The zero-order valence-corrected chi connectivity index (χ0v) is 15.7. The number of hydrogen-bond acceptors (Lipinski definition) is 4. The molecule has 1 aromatic heterocycles. The maximum absolute atomic E-state index is 12.5. The summed E-state index contributed by atoms with van der Waals surface area (Å²) < 4.78 is 12.0. The van der Waals surface area contributed by atoms with Gasteiger partial charge in [0.25, 0.3) is 5.91 Å². The van der Waals surface area contributed by atoms with E-state index >= 15 is 0 Å². The Kier molecular flexibility index (Phi) is 5.86. The van der Waals surface area contributed by atoms with Gasteiger partial charge in [-0.3, -0.25) is 4.79 Å². The van der Waals surface area contributed by atoms with Crippen molar-refractivity contribution in [3.8, 4) is 5.75 Å². The molecule has 1 amide bonds. The molecule has 0 aliphatic heterocycles. The fraction of sp³-hybridized carbons (Fsp3) is 0.100. The lowest BCUT2D eigenvalue weighted by Gasteiger charge is -2.11. The third-order valence-electron chi connectivity index (χ3n) is 3.54. The molecule has 0 unspecified atom stereocenters. The number of benzene rings is 2. The molecule has 0 spiro atoms. The summed E-state index contributed by atoms with van der Waals surface area (Å²) in [6.07, 6.45) is 1.45. The normalized spacial score (nSPS) is 10.8. The molecule has 132 valence electrons. The van der Waals surface area contributed by atoms with Crippen LogP contribution in [0.15, 0.2) is 74.7 Å². The highest BCUT2D eigenvalue weighted by Gasteiger charge is 2.13. The second-order valence-electron chi connectivity index (χ2n) is 5.56. The standard InChI is InChI=1S/C20H17BrN2O3/c1-14-7-9-17(26-14)12-22-23-20(24)18-11-16(21)8-10-19(18)25-13-15-5-3-2-4-6-15/h2-12H,13H2,1H3,(H,23,24)/b22-12+. The Labute approximate surface area is 159 Å². The maximum Gasteiger partial charge on any atom is 0.275 e. The van der Waals surface area contributed by atoms with E-state index in [-0.39, 0.29) is 5.91 Å². The lowest BCUT2D eigenvalue weighted by Crippen LogP contribution is -2.18. The summed E-state index contributed by atoms with van der Waals surface area (Å²) in [5.74, 6) is 1.46. The van der Waals surface area contributed by atoms with Crippen LogP contribution in [0, 0.1) is 6.92 Å². The molecule has 0 fully saturated rings. The highest BCUT2D eigenvalue weighted by atomic mass is 79.9. The summed E-state index contributed by atoms with van der Waals surface area (Å²) in [7, 11) is 0. The topological polar surface area (TPSA) is 63.8 Å². The van der Waals surface area contributed by atoms with Crippen LogP contribution in [0.5, 0.6) is 5.75 Å². The second-order valence-corrected chi connectivity index (χ2v) is 6.48. The number of furan rings is 1. The van der Waals surface area contributed by atoms with Gasteiger partial charge in [0, 0.05) is 4.47 Å². The smallest absolute Gasteiger partial charge is 0.275 e. The number of halogens is 1. The number of carbonyl (C=O) groups is 1. The minimum atomic E-state index is -0.367. The van der Waals surface area contributed by atoms with Gasteiger partial charge in [0.1, 0.15) is 23.9 Å². The Hall–Kier alpha value is -2.86. The quantitative estimate of drug-likeness (QED) is 0.471. The molecule has 26 heavy (non-hydrogen) atoms. The molecule has 0 atom stereocenters. The highest BCUT2D eigenvalue weighted by Crippen LogP contribution is 2.24. The molecular formula is C20H17BrN2O3. The first kappa shape index (κ1) is 17.9. The largest absolute Gasteiger partial charge is 0.488 e. The van der Waals surface area contributed by atoms with Gasteiger partial charge in [-0.05, 0) is 42.8 Å². The lowest BCUT2D eigenvalue weighted by atomic mass is 10.2. The fourth-order valence-electron chi connectivity index (χ4n) is 2.28. The first-order valence-electron chi connectivity index (χ1n) is 7.98. The minimum absolute atomic E-state index is 0.367. The molecule has 5 nitrogen and oxygen atoms in total. The van der Waals surface area contributed by atoms with E-state index in [2.05, 4.69) is 26.5 Å². The first-order valence-corrected chi connectivity index (χ1v) is 8.77. The summed E-state index contributed by atoms with van der Waals surface area (Å²) in [4.78, 5) is 12.5. The molecule has 0 saturated carbocycles. The molecule has 0 aliphatic carbocycles. The fourth-order valence-corrected chi connectivity index (χ4v) is 2.64. The highest BCUT2D eigenvalue weighted by molar-refractivity contribution is 9.10. The van der Waals surface area contributed by atoms with Crippen LogP contribution < -0.4 is 10.2 Å². The van der Waals surface area contributed by atoms with Crippen molar-refractivity contribution in [1.29, 1.82) is 0 Å². The minimum Gasteiger partial charge on any atom is -0.488 e. The van der Waals surface area contributed by atoms with Crippen molar-refractivity contribution in [2.75, 3.05) is 0 Å². The van der Waals surface area contributed by atoms with Gasteiger partial charge in [-0.1, -0.05) is 46.3 Å². The van der Waals surface area contributed by atoms with Crippen LogP contribution in [0.2, 0.25) is 0 Å². The van der Waals surface area contributed by atoms with Crippen LogP contribution in [-0.4, -0.2) is 12.1 Å². The van der Waals surface area contributed by atoms with E-state index in [4.69, 9.17) is 9.15 Å². The van der Waals surface area contributed by atoms with Gasteiger partial charge in [-0.25, -0.2) is 5.43 Å². The summed E-state index contributed by atoms with van der Waals surface area (Å²) in [6.45, 7) is 2.21. The second kappa shape index (κ2) is 8.49. The molecule has 1 heterocycles. The zero-order valence-electron chi connectivity index (χ0n) is 14.1. The molecule has 0 bridgehead atoms. The Morgan fingerprint density at radius 3 is 2.73 bits per heavy atom. The molecule has 2 aromatic carbocycles. The molecule has 0 saturated heterocycles. The number of hydrazone groups is 1. The Bertz CT molecular complexity index is 920. The van der Waals surface area contributed by atoms with Gasteiger partial charge in [0.2, 0.25) is 0 Å². The number of rotatable bonds is 6. The molecule has 0 radical (unpaired) electrons. The van der Waals surface area contributed by atoms with E-state index in [0.29, 0.717) is 23.7 Å². The van der Waals surface area contributed by atoms with Crippen molar-refractivity contribution in [2.24, 2.45) is 5.10 Å². The predicted octanol–water partition coefficient (Wildman–Crippen LogP) is 4.69. The van der Waals surface area contributed by atoms with Gasteiger partial charge in [0.15, 0.2) is 0 Å². The van der Waals surface area contributed by atoms with Crippen LogP contribution in [-0.2, 0) is 6.61 Å². The Morgan fingerprint density at radius 1 is 1.19 bits per heavy atom. The van der Waals surface area contributed by atoms with E-state index < -0.39 is 0 Å². The van der Waals surface area contributed by atoms with Gasteiger partial charge < -0.3 is 9.15 Å². The van der Waals surface area contributed by atoms with Crippen LogP contribution in [0.1, 0.15) is 27.4 Å². The number of ether oxygens (including phenoxy) is 1. The third-order valence-corrected chi connectivity index (χ3v) is 4.04. The molecule has 0 aliphatic rings. The van der Waals surface area contributed by atoms with E-state index in [9.17, 15) is 4.79 Å². The molecule has 6 heteroatoms. The average Bonchev–Trinajstić information content (AvgIpc) is 3.06. The first-order chi connectivity index (χ1) is 12.6. The van der Waals surface area contributed by atoms with Crippen molar-refractivity contribution < 1.29 is 13.9 Å². The Balaban J connectivity index is 1.70. The summed E-state index contributed by atoms with van der Waals surface area (Å²) >= 11 is 3.38. The number of carbonyl (C=O) groups excluding carboxylic acids is 1. The van der Waals surface area contributed by atoms with Crippen LogP contribution in [0.4, 0.5) is 0 Å². The number of nitrogens with one attached hydrogen (secondary N) is 1. The van der Waals surface area contributed by atoms with Gasteiger partial charge >= 0.3 is 0 Å². The van der Waals surface area contributed by atoms with Crippen LogP contribution >= 0.6 is 15.9 Å². The van der Waals surface area contributed by atoms with E-state index in [1.165, 1.54) is 6.21 Å². The maximum atomic E-state index is 12.5. The summed E-state index contributed by atoms with van der Waals surface area (Å²) in [5.41, 5.74) is 3.91. The summed E-state index contributed by atoms with van der Waals surface area (Å²) in [5, 5.41) is 3.93. The zero-order chi connectivity index (χ0) is 18.4. The number of nitrogens with zero attached hydrogens (tertiary/aromatic N) is 1. The Morgan fingerprint density at radius 2 is 2.00 bits per heavy atom. The van der Waals surface area contributed by atoms with Crippen molar-refractivity contribution in [1.82, 2.24) is 5.43 Å². The molecule has 1 N–H and O–H groups in total. The molecular weight excluding hydrogens is 396 g/mol. The molecule has 3 aromatic rings. The SMILES string of the molecule is Cc1ccc(/C=N/NC(=O)c2cc(Br)ccc2OCc2ccccc2)o1. The number of aryl methyl sites for hydroxylation is 1. The number of amides is 1. The van der Waals surface area contributed by atoms with Crippen molar-refractivity contribution in [2.45, 2.75) is 13.5 Å². The number of hydrogen-bond donors (Lipinski definition) is 1. The lowest BCUT2D eigenvalue weighted by molar-refractivity contribution is 0.0950.